The molecule has 0 spiro atoms. The highest BCUT2D eigenvalue weighted by atomic mass is 16.2. The first-order valence-electron chi connectivity index (χ1n) is 11.0. The molecule has 3 aromatic rings. The van der Waals surface area contributed by atoms with E-state index in [0.29, 0.717) is 12.1 Å². The first-order valence-corrected chi connectivity index (χ1v) is 11.0. The number of hydrogen-bond donors (Lipinski definition) is 2. The maximum atomic E-state index is 12.1. The van der Waals surface area contributed by atoms with Gasteiger partial charge in [0.1, 0.15) is 0 Å². The van der Waals surface area contributed by atoms with Gasteiger partial charge in [0, 0.05) is 38.7 Å². The number of carbonyl (C=O) groups is 1. The molecule has 5 heteroatoms. The second-order valence-electron chi connectivity index (χ2n) is 7.85. The van der Waals surface area contributed by atoms with Crippen LogP contribution in [0.2, 0.25) is 0 Å². The molecule has 0 aliphatic carbocycles. The van der Waals surface area contributed by atoms with Gasteiger partial charge in [-0.3, -0.25) is 4.79 Å². The van der Waals surface area contributed by atoms with Gasteiger partial charge in [0.2, 0.25) is 0 Å². The number of amides is 1. The molecule has 0 fully saturated rings. The van der Waals surface area contributed by atoms with Crippen molar-refractivity contribution in [3.63, 3.8) is 0 Å². The lowest BCUT2D eigenvalue weighted by molar-refractivity contribution is 0.0827. The second-order valence-corrected chi connectivity index (χ2v) is 7.85. The average molecular weight is 429 g/mol. The summed E-state index contributed by atoms with van der Waals surface area (Å²) in [5.74, 6) is 0.998. The van der Waals surface area contributed by atoms with E-state index in [-0.39, 0.29) is 11.8 Å². The summed E-state index contributed by atoms with van der Waals surface area (Å²) in [4.78, 5) is 18.4. The van der Waals surface area contributed by atoms with Gasteiger partial charge in [0.25, 0.3) is 5.91 Å². The van der Waals surface area contributed by atoms with Crippen LogP contribution in [0, 0.1) is 0 Å². The summed E-state index contributed by atoms with van der Waals surface area (Å²) in [7, 11) is 3.51. The predicted octanol–water partition coefficient (Wildman–Crippen LogP) is 4.28. The quantitative estimate of drug-likeness (QED) is 0.416. The van der Waals surface area contributed by atoms with Crippen LogP contribution in [0.25, 0.3) is 0 Å². The molecule has 1 amide bonds. The Morgan fingerprint density at radius 3 is 1.91 bits per heavy atom. The minimum Gasteiger partial charge on any atom is -0.357 e. The van der Waals surface area contributed by atoms with E-state index in [0.717, 1.165) is 24.6 Å². The van der Waals surface area contributed by atoms with E-state index >= 15 is 0 Å². The molecule has 0 aliphatic heterocycles. The molecule has 0 aliphatic rings. The van der Waals surface area contributed by atoms with Crippen molar-refractivity contribution < 1.29 is 4.79 Å². The highest BCUT2D eigenvalue weighted by Gasteiger charge is 2.14. The Balaban J connectivity index is 1.70. The number of carbonyl (C=O) groups excluding carboxylic acids is 1. The lowest BCUT2D eigenvalue weighted by Crippen LogP contribution is -2.39. The first kappa shape index (κ1) is 23.1. The molecule has 0 radical (unpaired) electrons. The van der Waals surface area contributed by atoms with Gasteiger partial charge < -0.3 is 15.5 Å². The van der Waals surface area contributed by atoms with Gasteiger partial charge in [-0.15, -0.1) is 0 Å². The number of benzene rings is 3. The van der Waals surface area contributed by atoms with Crippen LogP contribution in [0.1, 0.15) is 39.9 Å². The van der Waals surface area contributed by atoms with Gasteiger partial charge in [-0.1, -0.05) is 72.8 Å². The zero-order valence-corrected chi connectivity index (χ0v) is 19.1. The fourth-order valence-corrected chi connectivity index (χ4v) is 3.52. The van der Waals surface area contributed by atoms with Crippen molar-refractivity contribution >= 4 is 11.9 Å². The van der Waals surface area contributed by atoms with E-state index in [1.54, 1.807) is 19.0 Å². The summed E-state index contributed by atoms with van der Waals surface area (Å²) in [6, 6.07) is 28.7. The van der Waals surface area contributed by atoms with Crippen molar-refractivity contribution in [2.75, 3.05) is 27.2 Å². The Morgan fingerprint density at radius 1 is 0.844 bits per heavy atom. The lowest BCUT2D eigenvalue weighted by atomic mass is 9.91. The molecule has 0 unspecified atom stereocenters. The summed E-state index contributed by atoms with van der Waals surface area (Å²) < 4.78 is 0. The molecule has 166 valence electrons. The zero-order valence-electron chi connectivity index (χ0n) is 19.1. The van der Waals surface area contributed by atoms with E-state index in [9.17, 15) is 4.79 Å². The van der Waals surface area contributed by atoms with Gasteiger partial charge >= 0.3 is 0 Å². The largest absolute Gasteiger partial charge is 0.357 e. The summed E-state index contributed by atoms with van der Waals surface area (Å²) >= 11 is 0. The highest BCUT2D eigenvalue weighted by molar-refractivity contribution is 5.93. The molecule has 3 aromatic carbocycles. The Bertz CT molecular complexity index is 959. The summed E-state index contributed by atoms with van der Waals surface area (Å²) in [5.41, 5.74) is 4.27. The third-order valence-electron chi connectivity index (χ3n) is 5.25. The third-order valence-corrected chi connectivity index (χ3v) is 5.25. The molecule has 2 N–H and O–H groups in total. The minimum atomic E-state index is 0.00271. The lowest BCUT2D eigenvalue weighted by Gasteiger charge is -2.20. The van der Waals surface area contributed by atoms with Crippen molar-refractivity contribution in [3.05, 3.63) is 107 Å². The number of hydrogen-bond acceptors (Lipinski definition) is 2. The van der Waals surface area contributed by atoms with Crippen LogP contribution < -0.4 is 10.6 Å². The molecule has 5 nitrogen and oxygen atoms in total. The standard InChI is InChI=1S/C27H32N4O/c1-4-28-27(29-19-21-15-17-24(18-16-21)26(32)31(2)3)30-20-25(22-11-7-5-8-12-22)23-13-9-6-10-14-23/h5-18,25H,4,19-20H2,1-3H3,(H2,28,29,30). The fourth-order valence-electron chi connectivity index (χ4n) is 3.52. The van der Waals surface area contributed by atoms with Gasteiger partial charge in [0.05, 0.1) is 6.54 Å². The maximum Gasteiger partial charge on any atom is 0.253 e. The van der Waals surface area contributed by atoms with Crippen molar-refractivity contribution in [3.8, 4) is 0 Å². The molecule has 0 bridgehead atoms. The molecule has 32 heavy (non-hydrogen) atoms. The van der Waals surface area contributed by atoms with Crippen LogP contribution in [0.4, 0.5) is 0 Å². The van der Waals surface area contributed by atoms with Crippen LogP contribution in [-0.4, -0.2) is 44.0 Å². The van der Waals surface area contributed by atoms with Crippen LogP contribution in [-0.2, 0) is 6.54 Å². The van der Waals surface area contributed by atoms with E-state index in [4.69, 9.17) is 4.99 Å². The number of aliphatic imine (C=N–C) groups is 1. The van der Waals surface area contributed by atoms with E-state index in [1.165, 1.54) is 11.1 Å². The Labute approximate surface area is 191 Å². The smallest absolute Gasteiger partial charge is 0.253 e. The molecule has 0 saturated carbocycles. The number of rotatable bonds is 8. The van der Waals surface area contributed by atoms with Gasteiger partial charge in [0.15, 0.2) is 5.96 Å². The Hall–Kier alpha value is -3.60. The van der Waals surface area contributed by atoms with Crippen LogP contribution in [0.5, 0.6) is 0 Å². The van der Waals surface area contributed by atoms with Crippen LogP contribution >= 0.6 is 0 Å². The topological polar surface area (TPSA) is 56.7 Å². The average Bonchev–Trinajstić information content (AvgIpc) is 2.83. The van der Waals surface area contributed by atoms with E-state index in [2.05, 4.69) is 66.1 Å². The second kappa shape index (κ2) is 11.7. The number of nitrogens with zero attached hydrogens (tertiary/aromatic N) is 2. The zero-order chi connectivity index (χ0) is 22.8. The SMILES string of the molecule is CCNC(=NCc1ccc(C(=O)N(C)C)cc1)NCC(c1ccccc1)c1ccccc1. The fraction of sp³-hybridized carbons (Fsp3) is 0.259. The molecule has 0 heterocycles. The van der Waals surface area contributed by atoms with Crippen LogP contribution in [0.3, 0.4) is 0 Å². The summed E-state index contributed by atoms with van der Waals surface area (Å²) in [5, 5.41) is 6.84. The monoisotopic (exact) mass is 428 g/mol. The summed E-state index contributed by atoms with van der Waals surface area (Å²) in [6.45, 7) is 4.11. The third kappa shape index (κ3) is 6.45. The summed E-state index contributed by atoms with van der Waals surface area (Å²) in [6.07, 6.45) is 0. The highest BCUT2D eigenvalue weighted by Crippen LogP contribution is 2.23. The molecule has 3 rings (SSSR count). The molecule has 0 atom stereocenters. The van der Waals surface area contributed by atoms with Gasteiger partial charge in [-0.05, 0) is 35.7 Å². The van der Waals surface area contributed by atoms with Gasteiger partial charge in [-0.2, -0.15) is 0 Å². The van der Waals surface area contributed by atoms with E-state index in [1.807, 2.05) is 36.4 Å². The van der Waals surface area contributed by atoms with Crippen molar-refractivity contribution in [2.45, 2.75) is 19.4 Å². The van der Waals surface area contributed by atoms with Crippen molar-refractivity contribution in [2.24, 2.45) is 4.99 Å². The molecular weight excluding hydrogens is 396 g/mol. The number of guanidine groups is 1. The minimum absolute atomic E-state index is 0.00271. The Morgan fingerprint density at radius 2 is 1.41 bits per heavy atom. The molecule has 0 aromatic heterocycles. The predicted molar refractivity (Wildman–Crippen MR) is 132 cm³/mol. The Kier molecular flexibility index (Phi) is 8.44. The van der Waals surface area contributed by atoms with Gasteiger partial charge in [-0.25, -0.2) is 4.99 Å². The van der Waals surface area contributed by atoms with E-state index < -0.39 is 0 Å². The van der Waals surface area contributed by atoms with Crippen molar-refractivity contribution in [1.29, 1.82) is 0 Å². The maximum absolute atomic E-state index is 12.1. The first-order chi connectivity index (χ1) is 15.6. The molecule has 0 saturated heterocycles. The van der Waals surface area contributed by atoms with Crippen molar-refractivity contribution in [1.82, 2.24) is 15.5 Å². The normalized spacial score (nSPS) is 11.3. The number of nitrogens with one attached hydrogen (secondary N) is 2. The van der Waals surface area contributed by atoms with Crippen LogP contribution in [0.15, 0.2) is 89.9 Å². The molecular formula is C27H32N4O.